The summed E-state index contributed by atoms with van der Waals surface area (Å²) in [5.74, 6) is -0.905. The van der Waals surface area contributed by atoms with Crippen LogP contribution in [0.4, 0.5) is 4.79 Å². The number of aliphatic hydroxyl groups is 1. The molecule has 36 heavy (non-hydrogen) atoms. The second-order valence-corrected chi connectivity index (χ2v) is 8.85. The number of nitrogens with two attached hydrogens (primary N) is 1. The van der Waals surface area contributed by atoms with Crippen molar-refractivity contribution in [3.05, 3.63) is 48.0 Å². The van der Waals surface area contributed by atoms with Crippen molar-refractivity contribution in [3.63, 3.8) is 0 Å². The number of carbonyl (C=O) groups excluding carboxylic acids is 3. The molecule has 1 unspecified atom stereocenters. The van der Waals surface area contributed by atoms with Crippen LogP contribution in [-0.2, 0) is 16.0 Å². The van der Waals surface area contributed by atoms with Crippen LogP contribution >= 0.6 is 12.4 Å². The van der Waals surface area contributed by atoms with E-state index in [0.29, 0.717) is 26.1 Å². The number of fused-ring (bicyclic) bond motifs is 1. The van der Waals surface area contributed by atoms with Gasteiger partial charge in [-0.3, -0.25) is 9.59 Å². The van der Waals surface area contributed by atoms with Crippen molar-refractivity contribution in [2.75, 3.05) is 32.7 Å². The molecule has 1 aliphatic rings. The number of nitrogens with one attached hydrogen (secondary N) is 2. The van der Waals surface area contributed by atoms with Crippen molar-refractivity contribution in [1.82, 2.24) is 20.4 Å². The van der Waals surface area contributed by atoms with Gasteiger partial charge in [-0.2, -0.15) is 0 Å². The largest absolute Gasteiger partial charge is 0.390 e. The summed E-state index contributed by atoms with van der Waals surface area (Å²) in [5, 5.41) is 17.8. The number of halogens is 1. The lowest BCUT2D eigenvalue weighted by molar-refractivity contribution is -0.139. The molecule has 3 atom stereocenters. The summed E-state index contributed by atoms with van der Waals surface area (Å²) in [5.41, 5.74) is 6.32. The first-order valence-corrected chi connectivity index (χ1v) is 12.4. The van der Waals surface area contributed by atoms with Crippen molar-refractivity contribution in [2.24, 2.45) is 5.73 Å². The van der Waals surface area contributed by atoms with Gasteiger partial charge >= 0.3 is 6.03 Å². The second kappa shape index (κ2) is 14.1. The minimum atomic E-state index is -1.08. The van der Waals surface area contributed by atoms with Gasteiger partial charge in [-0.05, 0) is 49.6 Å². The Balaban J connectivity index is 0.00000456. The molecule has 0 saturated carbocycles. The molecule has 5 N–H and O–H groups in total. The van der Waals surface area contributed by atoms with Gasteiger partial charge in [-0.25, -0.2) is 9.69 Å². The molecule has 1 saturated heterocycles. The van der Waals surface area contributed by atoms with Gasteiger partial charge in [0.25, 0.3) is 0 Å². The molecule has 4 amide bonds. The van der Waals surface area contributed by atoms with E-state index in [-0.39, 0.29) is 31.9 Å². The van der Waals surface area contributed by atoms with Crippen LogP contribution in [0.3, 0.4) is 0 Å². The SMILES string of the molecule is CCN(CC)C(=O)N(C(=O)[C@@H]1CCCN1)[C@H](Cc1ccc2ccccc2c1)C(=O)NCC(O)CN.Cl. The van der Waals surface area contributed by atoms with E-state index in [2.05, 4.69) is 10.6 Å². The fourth-order valence-corrected chi connectivity index (χ4v) is 4.40. The quantitative estimate of drug-likeness (QED) is 0.378. The number of nitrogens with zero attached hydrogens (tertiary/aromatic N) is 2. The molecular formula is C26H38ClN5O4. The highest BCUT2D eigenvalue weighted by molar-refractivity contribution is 6.02. The Morgan fingerprint density at radius 1 is 1.14 bits per heavy atom. The summed E-state index contributed by atoms with van der Waals surface area (Å²) in [4.78, 5) is 43.3. The van der Waals surface area contributed by atoms with Crippen LogP contribution in [0.5, 0.6) is 0 Å². The van der Waals surface area contributed by atoms with Gasteiger partial charge in [0.05, 0.1) is 12.1 Å². The summed E-state index contributed by atoms with van der Waals surface area (Å²) in [7, 11) is 0. The van der Waals surface area contributed by atoms with E-state index in [4.69, 9.17) is 5.73 Å². The molecule has 198 valence electrons. The highest BCUT2D eigenvalue weighted by Gasteiger charge is 2.40. The summed E-state index contributed by atoms with van der Waals surface area (Å²) in [6.45, 7) is 5.12. The number of hydrogen-bond donors (Lipinski definition) is 4. The number of carbonyl (C=O) groups is 3. The number of rotatable bonds is 10. The molecule has 9 nitrogen and oxygen atoms in total. The maximum atomic E-state index is 13.6. The van der Waals surface area contributed by atoms with Crippen LogP contribution in [0, 0.1) is 0 Å². The van der Waals surface area contributed by atoms with Gasteiger partial charge in [-0.1, -0.05) is 42.5 Å². The lowest BCUT2D eigenvalue weighted by Crippen LogP contribution is -2.60. The van der Waals surface area contributed by atoms with Gasteiger partial charge in [0, 0.05) is 32.6 Å². The average molecular weight is 520 g/mol. The molecule has 10 heteroatoms. The molecule has 1 fully saturated rings. The van der Waals surface area contributed by atoms with Crippen molar-refractivity contribution >= 4 is 41.0 Å². The van der Waals surface area contributed by atoms with Crippen LogP contribution in [0.25, 0.3) is 10.8 Å². The molecule has 0 spiro atoms. The van der Waals surface area contributed by atoms with E-state index in [0.717, 1.165) is 27.7 Å². The van der Waals surface area contributed by atoms with Crippen molar-refractivity contribution in [2.45, 2.75) is 51.3 Å². The predicted molar refractivity (Wildman–Crippen MR) is 143 cm³/mol. The highest BCUT2D eigenvalue weighted by atomic mass is 35.5. The third-order valence-corrected chi connectivity index (χ3v) is 6.48. The third kappa shape index (κ3) is 7.16. The molecule has 1 aliphatic heterocycles. The number of benzene rings is 2. The first kappa shape index (κ1) is 29.5. The zero-order valence-electron chi connectivity index (χ0n) is 21.0. The molecular weight excluding hydrogens is 482 g/mol. The zero-order valence-corrected chi connectivity index (χ0v) is 21.8. The lowest BCUT2D eigenvalue weighted by atomic mass is 9.99. The number of urea groups is 1. The first-order valence-electron chi connectivity index (χ1n) is 12.4. The van der Waals surface area contributed by atoms with Crippen LogP contribution in [-0.4, -0.2) is 83.7 Å². The topological polar surface area (TPSA) is 128 Å². The number of amides is 4. The maximum absolute atomic E-state index is 13.6. The predicted octanol–water partition coefficient (Wildman–Crippen LogP) is 1.65. The van der Waals surface area contributed by atoms with Crippen LogP contribution in [0.15, 0.2) is 42.5 Å². The van der Waals surface area contributed by atoms with E-state index >= 15 is 0 Å². The third-order valence-electron chi connectivity index (χ3n) is 6.48. The smallest absolute Gasteiger partial charge is 0.327 e. The van der Waals surface area contributed by atoms with E-state index in [1.807, 2.05) is 56.3 Å². The molecule has 0 aliphatic carbocycles. The van der Waals surface area contributed by atoms with Crippen LogP contribution in [0.2, 0.25) is 0 Å². The molecule has 0 aromatic heterocycles. The number of imide groups is 1. The van der Waals surface area contributed by atoms with Crippen molar-refractivity contribution in [3.8, 4) is 0 Å². The molecule has 1 heterocycles. The lowest BCUT2D eigenvalue weighted by Gasteiger charge is -2.35. The Labute approximate surface area is 218 Å². The fraction of sp³-hybridized carbons (Fsp3) is 0.500. The maximum Gasteiger partial charge on any atom is 0.327 e. The molecule has 0 bridgehead atoms. The van der Waals surface area contributed by atoms with Crippen molar-refractivity contribution < 1.29 is 19.5 Å². The molecule has 2 aromatic rings. The van der Waals surface area contributed by atoms with E-state index in [1.54, 1.807) is 4.90 Å². The van der Waals surface area contributed by atoms with Gasteiger partial charge < -0.3 is 26.4 Å². The minimum Gasteiger partial charge on any atom is -0.390 e. The Hall–Kier alpha value is -2.72. The fourth-order valence-electron chi connectivity index (χ4n) is 4.40. The van der Waals surface area contributed by atoms with Gasteiger partial charge in [0.1, 0.15) is 6.04 Å². The van der Waals surface area contributed by atoms with Crippen LogP contribution in [0.1, 0.15) is 32.3 Å². The molecule has 3 rings (SSSR count). The Morgan fingerprint density at radius 2 is 1.83 bits per heavy atom. The first-order chi connectivity index (χ1) is 16.9. The van der Waals surface area contributed by atoms with E-state index in [1.165, 1.54) is 0 Å². The van der Waals surface area contributed by atoms with Crippen molar-refractivity contribution in [1.29, 1.82) is 0 Å². The summed E-state index contributed by atoms with van der Waals surface area (Å²) >= 11 is 0. The number of hydrogen-bond acceptors (Lipinski definition) is 6. The Morgan fingerprint density at radius 3 is 2.44 bits per heavy atom. The van der Waals surface area contributed by atoms with E-state index < -0.39 is 36.0 Å². The minimum absolute atomic E-state index is 0. The normalized spacial score (nSPS) is 16.6. The van der Waals surface area contributed by atoms with Gasteiger partial charge in [0.15, 0.2) is 0 Å². The second-order valence-electron chi connectivity index (χ2n) is 8.85. The van der Waals surface area contributed by atoms with Gasteiger partial charge in [-0.15, -0.1) is 12.4 Å². The van der Waals surface area contributed by atoms with Crippen LogP contribution < -0.4 is 16.4 Å². The number of aliphatic hydroxyl groups excluding tert-OH is 1. The highest BCUT2D eigenvalue weighted by Crippen LogP contribution is 2.21. The average Bonchev–Trinajstić information content (AvgIpc) is 3.42. The van der Waals surface area contributed by atoms with E-state index in [9.17, 15) is 19.5 Å². The van der Waals surface area contributed by atoms with Gasteiger partial charge in [0.2, 0.25) is 11.8 Å². The molecule has 2 aromatic carbocycles. The summed E-state index contributed by atoms with van der Waals surface area (Å²) < 4.78 is 0. The molecule has 0 radical (unpaired) electrons. The monoisotopic (exact) mass is 519 g/mol. The Bertz CT molecular complexity index is 1010. The summed E-state index contributed by atoms with van der Waals surface area (Å²) in [6, 6.07) is 11.7. The standard InChI is InChI=1S/C26H37N5O4.ClH/c1-3-30(4-2)26(35)31(25(34)22-10-7-13-28-22)23(24(33)29-17-21(32)16-27)15-18-11-12-19-8-5-6-9-20(19)14-18;/h5-6,8-9,11-12,14,21-23,28,32H,3-4,7,10,13,15-17,27H2,1-2H3,(H,29,33);1H/t21?,22-,23+;/m0./s1. The zero-order chi connectivity index (χ0) is 25.4. The Kier molecular flexibility index (Phi) is 11.6. The summed E-state index contributed by atoms with van der Waals surface area (Å²) in [6.07, 6.45) is 0.672.